The third-order valence-corrected chi connectivity index (χ3v) is 5.23. The number of carbonyl (C=O) groups is 1. The molecule has 1 aromatic rings. The number of amides is 1. The summed E-state index contributed by atoms with van der Waals surface area (Å²) >= 11 is 0. The van der Waals surface area contributed by atoms with E-state index in [1.165, 1.54) is 0 Å². The minimum Gasteiger partial charge on any atom is -0.347 e. The van der Waals surface area contributed by atoms with Crippen molar-refractivity contribution in [1.29, 1.82) is 0 Å². The molecule has 0 unspecified atom stereocenters. The highest BCUT2D eigenvalue weighted by molar-refractivity contribution is 8.13. The van der Waals surface area contributed by atoms with Crippen molar-refractivity contribution in [3.05, 3.63) is 29.3 Å². The lowest BCUT2D eigenvalue weighted by Crippen LogP contribution is -2.53. The zero-order chi connectivity index (χ0) is 15.8. The number of rotatable bonds is 4. The van der Waals surface area contributed by atoms with Crippen LogP contribution in [0.3, 0.4) is 0 Å². The number of hydrogen-bond acceptors (Lipinski definition) is 3. The summed E-state index contributed by atoms with van der Waals surface area (Å²) in [6, 6.07) is 1.20. The summed E-state index contributed by atoms with van der Waals surface area (Å²) in [7, 11) is 0.856. The number of hydrogen-bond donors (Lipinski definition) is 1. The molecule has 0 saturated heterocycles. The van der Waals surface area contributed by atoms with Crippen molar-refractivity contribution in [3.63, 3.8) is 0 Å². The monoisotopic (exact) mass is 337 g/mol. The molecule has 0 spiro atoms. The van der Waals surface area contributed by atoms with Gasteiger partial charge in [-0.15, -0.1) is 0 Å². The van der Waals surface area contributed by atoms with Gasteiger partial charge in [-0.2, -0.15) is 0 Å². The molecular weight excluding hydrogens is 324 g/mol. The first kappa shape index (κ1) is 16.2. The molecule has 1 aliphatic carbocycles. The third kappa shape index (κ3) is 3.18. The van der Waals surface area contributed by atoms with Crippen LogP contribution >= 0.6 is 10.7 Å². The number of benzene rings is 1. The molecule has 1 saturated carbocycles. The Morgan fingerprint density at radius 1 is 1.38 bits per heavy atom. The molecule has 0 bridgehead atoms. The van der Waals surface area contributed by atoms with Crippen molar-refractivity contribution in [1.82, 2.24) is 5.32 Å². The fourth-order valence-electron chi connectivity index (χ4n) is 2.35. The third-order valence-electron chi connectivity index (χ3n) is 3.89. The van der Waals surface area contributed by atoms with Gasteiger partial charge in [0.25, 0.3) is 15.0 Å². The lowest BCUT2D eigenvalue weighted by Gasteiger charge is -2.42. The molecule has 8 heteroatoms. The quantitative estimate of drug-likeness (QED) is 0.859. The van der Waals surface area contributed by atoms with Crippen molar-refractivity contribution >= 4 is 25.6 Å². The highest BCUT2D eigenvalue weighted by Crippen LogP contribution is 2.35. The Labute approximate surface area is 125 Å². The standard InChI is InChI=1S/C13H14ClF2NO3S/c1-2-13(4-3-5-13)17-12(18)9-6-8(21(14,19)20)7-10(15)11(9)16/h6-7H,2-5H2,1H3,(H,17,18). The molecule has 116 valence electrons. The van der Waals surface area contributed by atoms with E-state index < -0.39 is 42.6 Å². The number of halogens is 3. The van der Waals surface area contributed by atoms with Gasteiger partial charge in [-0.25, -0.2) is 17.2 Å². The lowest BCUT2D eigenvalue weighted by atomic mass is 9.74. The summed E-state index contributed by atoms with van der Waals surface area (Å²) in [4.78, 5) is 11.5. The molecule has 0 radical (unpaired) electrons. The summed E-state index contributed by atoms with van der Waals surface area (Å²) in [5.74, 6) is -3.65. The Hall–Kier alpha value is -1.21. The zero-order valence-electron chi connectivity index (χ0n) is 11.3. The van der Waals surface area contributed by atoms with E-state index in [0.29, 0.717) is 12.5 Å². The van der Waals surface area contributed by atoms with E-state index in [1.807, 2.05) is 6.92 Å². The topological polar surface area (TPSA) is 63.2 Å². The summed E-state index contributed by atoms with van der Waals surface area (Å²) in [5.41, 5.74) is -1.08. The zero-order valence-corrected chi connectivity index (χ0v) is 12.8. The number of carbonyl (C=O) groups excluding carboxylic acids is 1. The molecule has 1 fully saturated rings. The smallest absolute Gasteiger partial charge is 0.261 e. The van der Waals surface area contributed by atoms with Crippen molar-refractivity contribution in [2.75, 3.05) is 0 Å². The normalized spacial score (nSPS) is 17.1. The van der Waals surface area contributed by atoms with Gasteiger partial charge in [-0.3, -0.25) is 4.79 Å². The fourth-order valence-corrected chi connectivity index (χ4v) is 3.12. The predicted molar refractivity (Wildman–Crippen MR) is 73.7 cm³/mol. The highest BCUT2D eigenvalue weighted by Gasteiger charge is 2.37. The van der Waals surface area contributed by atoms with Crippen molar-refractivity contribution in [3.8, 4) is 0 Å². The van der Waals surface area contributed by atoms with E-state index in [9.17, 15) is 22.0 Å². The molecule has 0 aliphatic heterocycles. The first-order chi connectivity index (χ1) is 9.68. The maximum absolute atomic E-state index is 13.7. The minimum atomic E-state index is -4.25. The molecule has 0 atom stereocenters. The van der Waals surface area contributed by atoms with E-state index in [2.05, 4.69) is 5.32 Å². The van der Waals surface area contributed by atoms with Gasteiger partial charge in [-0.05, 0) is 37.8 Å². The summed E-state index contributed by atoms with van der Waals surface area (Å²) < 4.78 is 49.7. The molecule has 0 aromatic heterocycles. The van der Waals surface area contributed by atoms with Crippen LogP contribution in [-0.4, -0.2) is 19.9 Å². The molecule has 2 rings (SSSR count). The number of nitrogens with one attached hydrogen (secondary N) is 1. The maximum atomic E-state index is 13.7. The molecule has 4 nitrogen and oxygen atoms in total. The van der Waals surface area contributed by atoms with Crippen LogP contribution in [0.15, 0.2) is 17.0 Å². The largest absolute Gasteiger partial charge is 0.347 e. The Morgan fingerprint density at radius 3 is 2.43 bits per heavy atom. The Bertz CT molecular complexity index is 681. The Kier molecular flexibility index (Phi) is 4.26. The van der Waals surface area contributed by atoms with E-state index in [0.717, 1.165) is 25.3 Å². The van der Waals surface area contributed by atoms with Crippen LogP contribution in [0.1, 0.15) is 43.0 Å². The van der Waals surface area contributed by atoms with Crippen LogP contribution < -0.4 is 5.32 Å². The van der Waals surface area contributed by atoms with Crippen molar-refractivity contribution in [2.45, 2.75) is 43.0 Å². The molecule has 0 heterocycles. The molecule has 1 N–H and O–H groups in total. The van der Waals surface area contributed by atoms with Gasteiger partial charge in [0.15, 0.2) is 11.6 Å². The Morgan fingerprint density at radius 2 is 2.00 bits per heavy atom. The van der Waals surface area contributed by atoms with Gasteiger partial charge in [0.05, 0.1) is 10.5 Å². The first-order valence-electron chi connectivity index (χ1n) is 6.45. The minimum absolute atomic E-state index is 0.421. The second-order valence-corrected chi connectivity index (χ2v) is 7.71. The summed E-state index contributed by atoms with van der Waals surface area (Å²) in [6.45, 7) is 1.88. The van der Waals surface area contributed by atoms with Crippen LogP contribution in [0.25, 0.3) is 0 Å². The summed E-state index contributed by atoms with van der Waals surface area (Å²) in [6.07, 6.45) is 3.12. The van der Waals surface area contributed by atoms with Gasteiger partial charge < -0.3 is 5.32 Å². The van der Waals surface area contributed by atoms with Crippen molar-refractivity contribution < 1.29 is 22.0 Å². The van der Waals surface area contributed by atoms with E-state index in [4.69, 9.17) is 10.7 Å². The van der Waals surface area contributed by atoms with Gasteiger partial charge in [-0.1, -0.05) is 6.92 Å². The lowest BCUT2D eigenvalue weighted by molar-refractivity contribution is 0.0815. The van der Waals surface area contributed by atoms with E-state index >= 15 is 0 Å². The fraction of sp³-hybridized carbons (Fsp3) is 0.462. The van der Waals surface area contributed by atoms with Crippen LogP contribution in [0.2, 0.25) is 0 Å². The van der Waals surface area contributed by atoms with Crippen LogP contribution in [0.5, 0.6) is 0 Å². The highest BCUT2D eigenvalue weighted by atomic mass is 35.7. The molecule has 1 aromatic carbocycles. The molecule has 21 heavy (non-hydrogen) atoms. The molecular formula is C13H14ClF2NO3S. The Balaban J connectivity index is 2.39. The van der Waals surface area contributed by atoms with Crippen LogP contribution in [-0.2, 0) is 9.05 Å². The van der Waals surface area contributed by atoms with Crippen molar-refractivity contribution in [2.24, 2.45) is 0 Å². The van der Waals surface area contributed by atoms with Gasteiger partial charge in [0.1, 0.15) is 0 Å². The summed E-state index contributed by atoms with van der Waals surface area (Å²) in [5, 5.41) is 2.66. The van der Waals surface area contributed by atoms with E-state index in [-0.39, 0.29) is 0 Å². The van der Waals surface area contributed by atoms with Crippen LogP contribution in [0.4, 0.5) is 8.78 Å². The van der Waals surface area contributed by atoms with E-state index in [1.54, 1.807) is 0 Å². The first-order valence-corrected chi connectivity index (χ1v) is 8.76. The van der Waals surface area contributed by atoms with Gasteiger partial charge in [0, 0.05) is 16.2 Å². The van der Waals surface area contributed by atoms with Gasteiger partial charge >= 0.3 is 0 Å². The van der Waals surface area contributed by atoms with Gasteiger partial charge in [0.2, 0.25) is 0 Å². The second-order valence-electron chi connectivity index (χ2n) is 5.15. The second kappa shape index (κ2) is 5.53. The average Bonchev–Trinajstić information content (AvgIpc) is 2.35. The van der Waals surface area contributed by atoms with Crippen LogP contribution in [0, 0.1) is 11.6 Å². The SMILES string of the molecule is CCC1(NC(=O)c2cc(S(=O)(=O)Cl)cc(F)c2F)CCC1. The maximum Gasteiger partial charge on any atom is 0.261 e. The average molecular weight is 338 g/mol. The predicted octanol–water partition coefficient (Wildman–Crippen LogP) is 2.95. The molecule has 1 aliphatic rings. The molecule has 1 amide bonds.